The molecule has 17 heavy (non-hydrogen) atoms. The number of methoxy groups -OCH3 is 1. The summed E-state index contributed by atoms with van der Waals surface area (Å²) in [6.45, 7) is 2.18. The van der Waals surface area contributed by atoms with E-state index in [0.717, 1.165) is 25.0 Å². The van der Waals surface area contributed by atoms with Crippen LogP contribution >= 0.6 is 11.3 Å². The molecule has 0 saturated carbocycles. The molecule has 0 bridgehead atoms. The zero-order chi connectivity index (χ0) is 12.1. The van der Waals surface area contributed by atoms with Crippen LogP contribution in [0.1, 0.15) is 29.6 Å². The molecule has 3 heteroatoms. The zero-order valence-electron chi connectivity index (χ0n) is 10.3. The molecule has 0 aliphatic rings. The molecule has 90 valence electrons. The molecule has 2 nitrogen and oxygen atoms in total. The number of hydrogen-bond donors (Lipinski definition) is 0. The van der Waals surface area contributed by atoms with Crippen LogP contribution in [0.5, 0.6) is 5.75 Å². The van der Waals surface area contributed by atoms with Crippen LogP contribution in [0.3, 0.4) is 0 Å². The van der Waals surface area contributed by atoms with Gasteiger partial charge in [-0.25, -0.2) is 4.98 Å². The van der Waals surface area contributed by atoms with Gasteiger partial charge in [0.1, 0.15) is 5.75 Å². The molecule has 0 saturated heterocycles. The molecule has 0 unspecified atom stereocenters. The summed E-state index contributed by atoms with van der Waals surface area (Å²) in [7, 11) is 1.70. The summed E-state index contributed by atoms with van der Waals surface area (Å²) in [5.74, 6) is 0.910. The maximum atomic E-state index is 5.22. The molecule has 0 amide bonds. The molecule has 0 spiro atoms. The van der Waals surface area contributed by atoms with E-state index in [4.69, 9.17) is 4.74 Å². The van der Waals surface area contributed by atoms with Gasteiger partial charge in [-0.15, -0.1) is 11.3 Å². The van der Waals surface area contributed by atoms with E-state index in [1.54, 1.807) is 18.4 Å². The molecule has 0 N–H and O–H groups in total. The normalized spacial score (nSPS) is 10.5. The molecule has 2 aromatic rings. The lowest BCUT2D eigenvalue weighted by molar-refractivity contribution is 0.414. The lowest BCUT2D eigenvalue weighted by Gasteiger charge is -2.02. The van der Waals surface area contributed by atoms with Crippen LogP contribution in [0.15, 0.2) is 29.6 Å². The van der Waals surface area contributed by atoms with E-state index in [2.05, 4.69) is 29.4 Å². The molecular weight excluding hydrogens is 230 g/mol. The number of aromatic nitrogens is 1. The number of nitrogens with zero attached hydrogens (tertiary/aromatic N) is 1. The molecule has 0 atom stereocenters. The van der Waals surface area contributed by atoms with Crippen molar-refractivity contribution in [2.45, 2.75) is 26.2 Å². The maximum absolute atomic E-state index is 5.22. The third-order valence-corrected chi connectivity index (χ3v) is 3.49. The molecule has 1 heterocycles. The molecule has 1 aromatic carbocycles. The third kappa shape index (κ3) is 3.30. The van der Waals surface area contributed by atoms with Crippen molar-refractivity contribution in [1.82, 2.24) is 4.98 Å². The van der Waals surface area contributed by atoms with Crippen molar-refractivity contribution in [2.24, 2.45) is 0 Å². The summed E-state index contributed by atoms with van der Waals surface area (Å²) in [5, 5.41) is 3.35. The highest BCUT2D eigenvalue weighted by molar-refractivity contribution is 7.09. The molecular formula is C14H17NOS. The highest BCUT2D eigenvalue weighted by Gasteiger charge is 2.03. The van der Waals surface area contributed by atoms with E-state index in [9.17, 15) is 0 Å². The SMILES string of the molecule is CCCc1csc(Cc2cccc(OC)c2)n1. The predicted molar refractivity (Wildman–Crippen MR) is 71.9 cm³/mol. The van der Waals surface area contributed by atoms with E-state index < -0.39 is 0 Å². The Balaban J connectivity index is 2.08. The molecule has 2 rings (SSSR count). The Labute approximate surface area is 106 Å². The number of hydrogen-bond acceptors (Lipinski definition) is 3. The second kappa shape index (κ2) is 5.82. The first kappa shape index (κ1) is 12.1. The zero-order valence-corrected chi connectivity index (χ0v) is 11.1. The van der Waals surface area contributed by atoms with Gasteiger partial charge in [0, 0.05) is 11.8 Å². The molecule has 0 aliphatic heterocycles. The monoisotopic (exact) mass is 247 g/mol. The van der Waals surface area contributed by atoms with E-state index in [1.165, 1.54) is 16.3 Å². The Kier molecular flexibility index (Phi) is 4.15. The van der Waals surface area contributed by atoms with Gasteiger partial charge in [0.25, 0.3) is 0 Å². The van der Waals surface area contributed by atoms with Crippen molar-refractivity contribution in [2.75, 3.05) is 7.11 Å². The lowest BCUT2D eigenvalue weighted by Crippen LogP contribution is -1.90. The fourth-order valence-electron chi connectivity index (χ4n) is 1.76. The Hall–Kier alpha value is -1.35. The Bertz CT molecular complexity index is 479. The van der Waals surface area contributed by atoms with Gasteiger partial charge in [-0.05, 0) is 24.1 Å². The minimum atomic E-state index is 0.894. The predicted octanol–water partition coefficient (Wildman–Crippen LogP) is 3.70. The molecule has 0 fully saturated rings. The number of rotatable bonds is 5. The molecule has 1 aromatic heterocycles. The van der Waals surface area contributed by atoms with Crippen LogP contribution < -0.4 is 4.74 Å². The summed E-state index contributed by atoms with van der Waals surface area (Å²) in [6.07, 6.45) is 3.13. The first-order valence-corrected chi connectivity index (χ1v) is 6.76. The minimum absolute atomic E-state index is 0.894. The van der Waals surface area contributed by atoms with Crippen LogP contribution in [0, 0.1) is 0 Å². The number of benzene rings is 1. The number of aryl methyl sites for hydroxylation is 1. The van der Waals surface area contributed by atoms with Crippen molar-refractivity contribution in [3.63, 3.8) is 0 Å². The second-order valence-corrected chi connectivity index (χ2v) is 4.95. The average Bonchev–Trinajstić information content (AvgIpc) is 2.77. The van der Waals surface area contributed by atoms with E-state index in [-0.39, 0.29) is 0 Å². The highest BCUT2D eigenvalue weighted by atomic mass is 32.1. The third-order valence-electron chi connectivity index (χ3n) is 2.59. The average molecular weight is 247 g/mol. The minimum Gasteiger partial charge on any atom is -0.497 e. The number of ether oxygens (including phenoxy) is 1. The fraction of sp³-hybridized carbons (Fsp3) is 0.357. The first-order valence-electron chi connectivity index (χ1n) is 5.88. The van der Waals surface area contributed by atoms with Gasteiger partial charge in [0.05, 0.1) is 17.8 Å². The Morgan fingerprint density at radius 1 is 1.35 bits per heavy atom. The van der Waals surface area contributed by atoms with Gasteiger partial charge in [-0.2, -0.15) is 0 Å². The smallest absolute Gasteiger partial charge is 0.119 e. The standard InChI is InChI=1S/C14H17NOS/c1-3-5-12-10-17-14(15-12)9-11-6-4-7-13(8-11)16-2/h4,6-8,10H,3,5,9H2,1-2H3. The number of thiazole rings is 1. The van der Waals surface area contributed by atoms with Crippen molar-refractivity contribution in [3.05, 3.63) is 45.9 Å². The van der Waals surface area contributed by atoms with Crippen LogP contribution in [0.2, 0.25) is 0 Å². The Morgan fingerprint density at radius 3 is 3.00 bits per heavy atom. The fourth-order valence-corrected chi connectivity index (χ4v) is 2.62. The van der Waals surface area contributed by atoms with E-state index >= 15 is 0 Å². The van der Waals surface area contributed by atoms with Crippen LogP contribution in [0.4, 0.5) is 0 Å². The largest absolute Gasteiger partial charge is 0.497 e. The topological polar surface area (TPSA) is 22.1 Å². The summed E-state index contributed by atoms with van der Waals surface area (Å²) in [6, 6.07) is 8.17. The highest BCUT2D eigenvalue weighted by Crippen LogP contribution is 2.19. The van der Waals surface area contributed by atoms with Crippen LogP contribution in [-0.2, 0) is 12.8 Å². The van der Waals surface area contributed by atoms with Crippen molar-refractivity contribution in [3.8, 4) is 5.75 Å². The second-order valence-electron chi connectivity index (χ2n) is 4.01. The van der Waals surface area contributed by atoms with E-state index in [1.807, 2.05) is 12.1 Å². The van der Waals surface area contributed by atoms with Gasteiger partial charge in [0.15, 0.2) is 0 Å². The van der Waals surface area contributed by atoms with Crippen molar-refractivity contribution >= 4 is 11.3 Å². The van der Waals surface area contributed by atoms with Crippen LogP contribution in [-0.4, -0.2) is 12.1 Å². The first-order chi connectivity index (χ1) is 8.31. The van der Waals surface area contributed by atoms with Gasteiger partial charge in [-0.1, -0.05) is 25.5 Å². The van der Waals surface area contributed by atoms with Crippen LogP contribution in [0.25, 0.3) is 0 Å². The van der Waals surface area contributed by atoms with Crippen molar-refractivity contribution < 1.29 is 4.74 Å². The van der Waals surface area contributed by atoms with Gasteiger partial charge in [-0.3, -0.25) is 0 Å². The molecule has 0 aliphatic carbocycles. The maximum Gasteiger partial charge on any atom is 0.119 e. The summed E-state index contributed by atoms with van der Waals surface area (Å²) < 4.78 is 5.22. The van der Waals surface area contributed by atoms with Gasteiger partial charge >= 0.3 is 0 Å². The lowest BCUT2D eigenvalue weighted by atomic mass is 10.1. The molecule has 0 radical (unpaired) electrons. The van der Waals surface area contributed by atoms with Gasteiger partial charge in [0.2, 0.25) is 0 Å². The van der Waals surface area contributed by atoms with Gasteiger partial charge < -0.3 is 4.74 Å². The quantitative estimate of drug-likeness (QED) is 0.804. The van der Waals surface area contributed by atoms with E-state index in [0.29, 0.717) is 0 Å². The summed E-state index contributed by atoms with van der Waals surface area (Å²) in [5.41, 5.74) is 2.47. The van der Waals surface area contributed by atoms with Crippen molar-refractivity contribution in [1.29, 1.82) is 0 Å². The summed E-state index contributed by atoms with van der Waals surface area (Å²) in [4.78, 5) is 4.63. The summed E-state index contributed by atoms with van der Waals surface area (Å²) >= 11 is 1.75. The Morgan fingerprint density at radius 2 is 2.24 bits per heavy atom.